The molecule has 0 aliphatic rings. The van der Waals surface area contributed by atoms with Gasteiger partial charge in [0.1, 0.15) is 0 Å². The third-order valence-corrected chi connectivity index (χ3v) is 2.67. The number of amides is 2. The number of nitrogens with one attached hydrogen (secondary N) is 2. The number of carbonyl (C=O) groups excluding carboxylic acids is 1. The summed E-state index contributed by atoms with van der Waals surface area (Å²) in [5.74, 6) is 4.27. The molecule has 2 amide bonds. The molecule has 94 valence electrons. The van der Waals surface area contributed by atoms with Crippen LogP contribution in [-0.2, 0) is 0 Å². The Morgan fingerprint density at radius 1 is 1.44 bits per heavy atom. The second-order valence-corrected chi connectivity index (χ2v) is 4.09. The minimum absolute atomic E-state index is 0.0989. The quantitative estimate of drug-likeness (QED) is 0.750. The van der Waals surface area contributed by atoms with Gasteiger partial charge in [-0.2, -0.15) is 0 Å². The van der Waals surface area contributed by atoms with Crippen molar-refractivity contribution in [1.29, 1.82) is 0 Å². The van der Waals surface area contributed by atoms with Crippen LogP contribution in [0.3, 0.4) is 0 Å². The van der Waals surface area contributed by atoms with Gasteiger partial charge in [0.05, 0.1) is 17.8 Å². The van der Waals surface area contributed by atoms with Gasteiger partial charge < -0.3 is 15.7 Å². The number of hydrogen-bond acceptors (Lipinski definition) is 2. The predicted octanol–water partition coefficient (Wildman–Crippen LogP) is 2.29. The minimum Gasteiger partial charge on any atom is -0.478 e. The molecule has 0 aliphatic carbocycles. The molecule has 0 fully saturated rings. The molecule has 1 aromatic rings. The van der Waals surface area contributed by atoms with Crippen molar-refractivity contribution < 1.29 is 14.7 Å². The molecule has 0 spiro atoms. The molecule has 0 heterocycles. The van der Waals surface area contributed by atoms with E-state index in [2.05, 4.69) is 38.4 Å². The van der Waals surface area contributed by atoms with Crippen LogP contribution in [0.4, 0.5) is 10.5 Å². The summed E-state index contributed by atoms with van der Waals surface area (Å²) < 4.78 is 0.601. The topological polar surface area (TPSA) is 78.4 Å². The highest BCUT2D eigenvalue weighted by atomic mass is 79.9. The largest absolute Gasteiger partial charge is 0.478 e. The first kappa shape index (κ1) is 14.1. The standard InChI is InChI=1S/C12H11BrN2O3/c1-2-3-6-14-12(18)15-10-7-8(11(16)17)4-5-9(10)13/h4-5,7H,6H2,1H3,(H,16,17)(H2,14,15,18). The average molecular weight is 311 g/mol. The normalized spacial score (nSPS) is 9.00. The summed E-state index contributed by atoms with van der Waals surface area (Å²) in [7, 11) is 0. The maximum atomic E-state index is 11.5. The molecule has 1 rings (SSSR count). The number of carboxylic acids is 1. The number of carboxylic acid groups (broad SMARTS) is 1. The first-order valence-corrected chi connectivity index (χ1v) is 5.81. The summed E-state index contributed by atoms with van der Waals surface area (Å²) in [6.07, 6.45) is 0. The van der Waals surface area contributed by atoms with Gasteiger partial charge >= 0.3 is 12.0 Å². The van der Waals surface area contributed by atoms with E-state index in [4.69, 9.17) is 5.11 Å². The zero-order valence-electron chi connectivity index (χ0n) is 9.58. The van der Waals surface area contributed by atoms with Crippen LogP contribution in [-0.4, -0.2) is 23.7 Å². The van der Waals surface area contributed by atoms with E-state index in [1.165, 1.54) is 12.1 Å². The highest BCUT2D eigenvalue weighted by molar-refractivity contribution is 9.10. The second kappa shape index (κ2) is 6.67. The number of carbonyl (C=O) groups is 2. The average Bonchev–Trinajstić information content (AvgIpc) is 2.32. The van der Waals surface area contributed by atoms with Crippen molar-refractivity contribution in [2.75, 3.05) is 11.9 Å². The Morgan fingerprint density at radius 2 is 2.17 bits per heavy atom. The SMILES string of the molecule is CC#CCNC(=O)Nc1cc(C(=O)O)ccc1Br. The molecule has 0 saturated heterocycles. The zero-order valence-corrected chi connectivity index (χ0v) is 11.2. The van der Waals surface area contributed by atoms with Crippen molar-refractivity contribution in [3.8, 4) is 11.8 Å². The fourth-order valence-corrected chi connectivity index (χ4v) is 1.48. The predicted molar refractivity (Wildman–Crippen MR) is 71.6 cm³/mol. The molecule has 0 aliphatic heterocycles. The Hall–Kier alpha value is -2.00. The van der Waals surface area contributed by atoms with Crippen molar-refractivity contribution in [2.24, 2.45) is 0 Å². The Morgan fingerprint density at radius 3 is 2.78 bits per heavy atom. The molecule has 0 atom stereocenters. The number of hydrogen-bond donors (Lipinski definition) is 3. The number of aromatic carboxylic acids is 1. The van der Waals surface area contributed by atoms with Gasteiger partial charge in [-0.25, -0.2) is 9.59 Å². The fourth-order valence-electron chi connectivity index (χ4n) is 1.13. The number of halogens is 1. The number of urea groups is 1. The van der Waals surface area contributed by atoms with Crippen molar-refractivity contribution in [3.63, 3.8) is 0 Å². The molecule has 0 unspecified atom stereocenters. The van der Waals surface area contributed by atoms with Crippen molar-refractivity contribution in [2.45, 2.75) is 6.92 Å². The van der Waals surface area contributed by atoms with Crippen LogP contribution < -0.4 is 10.6 Å². The van der Waals surface area contributed by atoms with Gasteiger partial charge in [0.2, 0.25) is 0 Å². The van der Waals surface area contributed by atoms with Gasteiger partial charge in [-0.1, -0.05) is 5.92 Å². The summed E-state index contributed by atoms with van der Waals surface area (Å²) in [4.78, 5) is 22.3. The first-order valence-electron chi connectivity index (χ1n) is 5.02. The number of rotatable bonds is 3. The second-order valence-electron chi connectivity index (χ2n) is 3.23. The van der Waals surface area contributed by atoms with Crippen LogP contribution in [0.5, 0.6) is 0 Å². The van der Waals surface area contributed by atoms with Crippen molar-refractivity contribution >= 4 is 33.6 Å². The number of anilines is 1. The molecule has 18 heavy (non-hydrogen) atoms. The molecular weight excluding hydrogens is 300 g/mol. The molecule has 0 radical (unpaired) electrons. The molecule has 3 N–H and O–H groups in total. The summed E-state index contributed by atoms with van der Waals surface area (Å²) in [6.45, 7) is 1.91. The van der Waals surface area contributed by atoms with E-state index in [1.807, 2.05) is 0 Å². The Kier molecular flexibility index (Phi) is 5.21. The minimum atomic E-state index is -1.05. The Bertz CT molecular complexity index is 532. The monoisotopic (exact) mass is 310 g/mol. The van der Waals surface area contributed by atoms with Crippen LogP contribution in [0.25, 0.3) is 0 Å². The lowest BCUT2D eigenvalue weighted by Crippen LogP contribution is -2.29. The summed E-state index contributed by atoms with van der Waals surface area (Å²) in [6, 6.07) is 3.93. The molecule has 1 aromatic carbocycles. The van der Waals surface area contributed by atoms with E-state index in [1.54, 1.807) is 13.0 Å². The van der Waals surface area contributed by atoms with Crippen LogP contribution in [0, 0.1) is 11.8 Å². The molecule has 0 aromatic heterocycles. The third kappa shape index (κ3) is 4.11. The van der Waals surface area contributed by atoms with Crippen LogP contribution >= 0.6 is 15.9 Å². The van der Waals surface area contributed by atoms with Gasteiger partial charge in [-0.3, -0.25) is 0 Å². The van der Waals surface area contributed by atoms with E-state index in [0.717, 1.165) is 0 Å². The van der Waals surface area contributed by atoms with Crippen LogP contribution in [0.2, 0.25) is 0 Å². The van der Waals surface area contributed by atoms with Crippen molar-refractivity contribution in [3.05, 3.63) is 28.2 Å². The van der Waals surface area contributed by atoms with E-state index in [9.17, 15) is 9.59 Å². The highest BCUT2D eigenvalue weighted by Gasteiger charge is 2.09. The lowest BCUT2D eigenvalue weighted by Gasteiger charge is -2.08. The van der Waals surface area contributed by atoms with Gasteiger partial charge in [-0.05, 0) is 41.1 Å². The van der Waals surface area contributed by atoms with Crippen LogP contribution in [0.1, 0.15) is 17.3 Å². The molecule has 0 bridgehead atoms. The highest BCUT2D eigenvalue weighted by Crippen LogP contribution is 2.23. The maximum absolute atomic E-state index is 11.5. The first-order chi connectivity index (χ1) is 8.54. The van der Waals surface area contributed by atoms with Crippen LogP contribution in [0.15, 0.2) is 22.7 Å². The van der Waals surface area contributed by atoms with E-state index in [0.29, 0.717) is 10.2 Å². The molecule has 0 saturated carbocycles. The van der Waals surface area contributed by atoms with Gasteiger partial charge in [0.15, 0.2) is 0 Å². The summed E-state index contributed by atoms with van der Waals surface area (Å²) in [5.41, 5.74) is 0.485. The van der Waals surface area contributed by atoms with E-state index in [-0.39, 0.29) is 12.1 Å². The maximum Gasteiger partial charge on any atom is 0.335 e. The smallest absolute Gasteiger partial charge is 0.335 e. The fraction of sp³-hybridized carbons (Fsp3) is 0.167. The van der Waals surface area contributed by atoms with Gasteiger partial charge in [-0.15, -0.1) is 5.92 Å². The van der Waals surface area contributed by atoms with Gasteiger partial charge in [0.25, 0.3) is 0 Å². The number of benzene rings is 1. The Balaban J connectivity index is 2.76. The van der Waals surface area contributed by atoms with E-state index < -0.39 is 12.0 Å². The van der Waals surface area contributed by atoms with Gasteiger partial charge in [0, 0.05) is 4.47 Å². The molecule has 5 nitrogen and oxygen atoms in total. The van der Waals surface area contributed by atoms with E-state index >= 15 is 0 Å². The summed E-state index contributed by atoms with van der Waals surface area (Å²) in [5, 5.41) is 13.9. The lowest BCUT2D eigenvalue weighted by atomic mass is 10.2. The zero-order chi connectivity index (χ0) is 13.5. The third-order valence-electron chi connectivity index (χ3n) is 1.98. The molecule has 6 heteroatoms. The molecular formula is C12H11BrN2O3. The lowest BCUT2D eigenvalue weighted by molar-refractivity contribution is 0.0697. The Labute approximate surface area is 113 Å². The van der Waals surface area contributed by atoms with Crippen molar-refractivity contribution in [1.82, 2.24) is 5.32 Å². The summed E-state index contributed by atoms with van der Waals surface area (Å²) >= 11 is 3.23.